The molecule has 0 spiro atoms. The van der Waals surface area contributed by atoms with Crippen molar-refractivity contribution in [3.05, 3.63) is 54.4 Å². The Hall–Kier alpha value is -3.52. The lowest BCUT2D eigenvalue weighted by Gasteiger charge is -2.27. The van der Waals surface area contributed by atoms with Crippen LogP contribution in [0.3, 0.4) is 0 Å². The number of nitrogens with zero attached hydrogens (tertiary/aromatic N) is 1. The number of benzene rings is 2. The van der Waals surface area contributed by atoms with Gasteiger partial charge >= 0.3 is 0 Å². The van der Waals surface area contributed by atoms with Crippen molar-refractivity contribution < 1.29 is 19.0 Å². The Labute approximate surface area is 192 Å². The first-order valence-corrected chi connectivity index (χ1v) is 11.3. The third kappa shape index (κ3) is 4.80. The minimum atomic E-state index is -0.303. The van der Waals surface area contributed by atoms with Crippen LogP contribution in [0.1, 0.15) is 18.4 Å². The molecule has 3 aromatic rings. The summed E-state index contributed by atoms with van der Waals surface area (Å²) < 4.78 is 17.5. The highest BCUT2D eigenvalue weighted by Gasteiger charge is 2.27. The number of ether oxygens (including phenoxy) is 3. The number of carbonyl (C=O) groups is 1. The topological polar surface area (TPSA) is 97.5 Å². The smallest absolute Gasteiger partial charge is 0.231 e. The molecule has 5 rings (SSSR count). The Balaban J connectivity index is 1.35. The second-order valence-corrected chi connectivity index (χ2v) is 8.46. The van der Waals surface area contributed by atoms with Crippen molar-refractivity contribution in [2.75, 3.05) is 32.1 Å². The minimum absolute atomic E-state index is 0.0614. The molecule has 3 N–H and O–H groups in total. The number of rotatable bonds is 6. The van der Waals surface area contributed by atoms with E-state index in [-0.39, 0.29) is 17.9 Å². The van der Waals surface area contributed by atoms with Crippen LogP contribution < -0.4 is 24.8 Å². The highest BCUT2D eigenvalue weighted by molar-refractivity contribution is 5.95. The summed E-state index contributed by atoms with van der Waals surface area (Å²) in [6.45, 7) is 2.13. The predicted molar refractivity (Wildman–Crippen MR) is 125 cm³/mol. The zero-order valence-electron chi connectivity index (χ0n) is 18.6. The van der Waals surface area contributed by atoms with Crippen molar-refractivity contribution in [1.29, 1.82) is 0 Å². The summed E-state index contributed by atoms with van der Waals surface area (Å²) in [5.74, 6) is 1.83. The number of fused-ring (bicyclic) bond motifs is 1. The molecule has 0 radical (unpaired) electrons. The molecule has 1 fully saturated rings. The SMILES string of the molecule is COc1ccc2c(c1)C[C@H](C(=O)Nc1ccc(-c3cn[nH]c3)cc1O[C@@H]1CCCNC1)CO2. The molecular weight excluding hydrogens is 420 g/mol. The van der Waals surface area contributed by atoms with Gasteiger partial charge in [-0.25, -0.2) is 0 Å². The summed E-state index contributed by atoms with van der Waals surface area (Å²) in [5.41, 5.74) is 3.57. The van der Waals surface area contributed by atoms with Crippen LogP contribution in [-0.2, 0) is 11.2 Å². The van der Waals surface area contributed by atoms with Gasteiger partial charge in [0.15, 0.2) is 0 Å². The van der Waals surface area contributed by atoms with Crippen molar-refractivity contribution in [3.8, 4) is 28.4 Å². The Bertz CT molecular complexity index is 1110. The van der Waals surface area contributed by atoms with Crippen molar-refractivity contribution in [1.82, 2.24) is 15.5 Å². The predicted octanol–water partition coefficient (Wildman–Crippen LogP) is 3.41. The molecule has 1 amide bonds. The summed E-state index contributed by atoms with van der Waals surface area (Å²) in [5, 5.41) is 13.3. The van der Waals surface area contributed by atoms with Gasteiger partial charge in [-0.15, -0.1) is 0 Å². The number of methoxy groups -OCH3 is 1. The average Bonchev–Trinajstić information content (AvgIpc) is 3.40. The van der Waals surface area contributed by atoms with Gasteiger partial charge in [0.2, 0.25) is 5.91 Å². The lowest BCUT2D eigenvalue weighted by atomic mass is 9.95. The lowest BCUT2D eigenvalue weighted by molar-refractivity contribution is -0.121. The number of aromatic nitrogens is 2. The maximum atomic E-state index is 13.2. The van der Waals surface area contributed by atoms with Gasteiger partial charge in [0.05, 0.1) is 24.9 Å². The van der Waals surface area contributed by atoms with Crippen molar-refractivity contribution in [3.63, 3.8) is 0 Å². The number of nitrogens with one attached hydrogen (secondary N) is 3. The molecule has 1 aromatic heterocycles. The summed E-state index contributed by atoms with van der Waals surface area (Å²) in [6, 6.07) is 11.5. The molecule has 0 saturated carbocycles. The zero-order valence-corrected chi connectivity index (χ0v) is 18.6. The average molecular weight is 449 g/mol. The molecule has 0 aliphatic carbocycles. The third-order valence-corrected chi connectivity index (χ3v) is 6.16. The summed E-state index contributed by atoms with van der Waals surface area (Å²) in [6.07, 6.45) is 6.30. The van der Waals surface area contributed by atoms with Crippen LogP contribution in [-0.4, -0.2) is 49.0 Å². The van der Waals surface area contributed by atoms with E-state index in [4.69, 9.17) is 14.2 Å². The standard InChI is InChI=1S/C25H28N4O4/c1-31-20-5-7-23-17(10-20)9-18(15-32-23)25(30)29-22-6-4-16(19-12-27-28-13-19)11-24(22)33-21-3-2-8-26-14-21/h4-7,10-13,18,21,26H,2-3,8-9,14-15H2,1H3,(H,27,28)(H,29,30)/t18-,21+/m0/s1. The van der Waals surface area contributed by atoms with Crippen LogP contribution in [0.5, 0.6) is 17.2 Å². The van der Waals surface area contributed by atoms with Gasteiger partial charge in [0.25, 0.3) is 0 Å². The highest BCUT2D eigenvalue weighted by atomic mass is 16.5. The van der Waals surface area contributed by atoms with Gasteiger partial charge in [-0.1, -0.05) is 6.07 Å². The number of anilines is 1. The molecule has 172 valence electrons. The van der Waals surface area contributed by atoms with Crippen LogP contribution in [0.25, 0.3) is 11.1 Å². The van der Waals surface area contributed by atoms with E-state index in [1.54, 1.807) is 13.3 Å². The van der Waals surface area contributed by atoms with Crippen LogP contribution >= 0.6 is 0 Å². The first-order valence-electron chi connectivity index (χ1n) is 11.3. The van der Waals surface area contributed by atoms with E-state index >= 15 is 0 Å². The molecule has 2 atom stereocenters. The van der Waals surface area contributed by atoms with Gasteiger partial charge in [-0.05, 0) is 67.3 Å². The van der Waals surface area contributed by atoms with Crippen LogP contribution in [0.15, 0.2) is 48.8 Å². The Morgan fingerprint density at radius 3 is 2.94 bits per heavy atom. The van der Waals surface area contributed by atoms with Gasteiger partial charge in [-0.2, -0.15) is 5.10 Å². The first-order chi connectivity index (χ1) is 16.2. The monoisotopic (exact) mass is 448 g/mol. The fraction of sp³-hybridized carbons (Fsp3) is 0.360. The second kappa shape index (κ2) is 9.54. The van der Waals surface area contributed by atoms with Crippen molar-refractivity contribution in [2.45, 2.75) is 25.4 Å². The largest absolute Gasteiger partial charge is 0.497 e. The maximum Gasteiger partial charge on any atom is 0.231 e. The molecule has 0 unspecified atom stereocenters. The molecule has 2 aromatic carbocycles. The van der Waals surface area contributed by atoms with Crippen LogP contribution in [0.2, 0.25) is 0 Å². The van der Waals surface area contributed by atoms with E-state index in [0.717, 1.165) is 54.1 Å². The second-order valence-electron chi connectivity index (χ2n) is 8.46. The Kier molecular flexibility index (Phi) is 6.17. The van der Waals surface area contributed by atoms with E-state index in [1.165, 1.54) is 0 Å². The highest BCUT2D eigenvalue weighted by Crippen LogP contribution is 2.34. The van der Waals surface area contributed by atoms with E-state index in [1.807, 2.05) is 42.6 Å². The quantitative estimate of drug-likeness (QED) is 0.535. The number of amides is 1. The number of hydrogen-bond acceptors (Lipinski definition) is 6. The normalized spacial score (nSPS) is 19.8. The summed E-state index contributed by atoms with van der Waals surface area (Å²) in [4.78, 5) is 13.2. The van der Waals surface area contributed by atoms with Crippen molar-refractivity contribution >= 4 is 11.6 Å². The first kappa shape index (κ1) is 21.3. The van der Waals surface area contributed by atoms with E-state index in [2.05, 4.69) is 20.8 Å². The molecule has 1 saturated heterocycles. The van der Waals surface area contributed by atoms with Crippen molar-refractivity contribution in [2.24, 2.45) is 5.92 Å². The van der Waals surface area contributed by atoms with E-state index in [0.29, 0.717) is 24.5 Å². The van der Waals surface area contributed by atoms with Crippen LogP contribution in [0.4, 0.5) is 5.69 Å². The fourth-order valence-corrected chi connectivity index (χ4v) is 4.31. The van der Waals surface area contributed by atoms with Gasteiger partial charge in [0.1, 0.15) is 30.0 Å². The minimum Gasteiger partial charge on any atom is -0.497 e. The molecule has 0 bridgehead atoms. The third-order valence-electron chi connectivity index (χ3n) is 6.16. The van der Waals surface area contributed by atoms with E-state index in [9.17, 15) is 4.79 Å². The molecule has 2 aliphatic heterocycles. The Morgan fingerprint density at radius 1 is 1.21 bits per heavy atom. The van der Waals surface area contributed by atoms with Gasteiger partial charge in [0, 0.05) is 18.3 Å². The van der Waals surface area contributed by atoms with Gasteiger partial charge in [-0.3, -0.25) is 9.89 Å². The van der Waals surface area contributed by atoms with Crippen LogP contribution in [0, 0.1) is 5.92 Å². The van der Waals surface area contributed by atoms with Gasteiger partial charge < -0.3 is 24.8 Å². The number of piperidine rings is 1. The zero-order chi connectivity index (χ0) is 22.6. The number of aromatic amines is 1. The number of H-pyrrole nitrogens is 1. The number of hydrogen-bond donors (Lipinski definition) is 3. The molecular formula is C25H28N4O4. The fourth-order valence-electron chi connectivity index (χ4n) is 4.31. The molecule has 8 heteroatoms. The molecule has 33 heavy (non-hydrogen) atoms. The summed E-state index contributed by atoms with van der Waals surface area (Å²) >= 11 is 0. The number of carbonyl (C=O) groups excluding carboxylic acids is 1. The maximum absolute atomic E-state index is 13.2. The lowest BCUT2D eigenvalue weighted by Crippen LogP contribution is -2.37. The summed E-state index contributed by atoms with van der Waals surface area (Å²) in [7, 11) is 1.63. The molecule has 2 aliphatic rings. The molecule has 8 nitrogen and oxygen atoms in total. The Morgan fingerprint density at radius 2 is 2.15 bits per heavy atom. The molecule has 3 heterocycles. The van der Waals surface area contributed by atoms with E-state index < -0.39 is 0 Å².